The second-order valence-electron chi connectivity index (χ2n) is 4.55. The molecule has 0 bridgehead atoms. The van der Waals surface area contributed by atoms with E-state index in [-0.39, 0.29) is 12.5 Å². The van der Waals surface area contributed by atoms with Gasteiger partial charge in [-0.25, -0.2) is 8.78 Å². The normalized spacial score (nSPS) is 20.4. The largest absolute Gasteiger partial charge is 0.481 e. The Morgan fingerprint density at radius 2 is 2.21 bits per heavy atom. The summed E-state index contributed by atoms with van der Waals surface area (Å²) in [6, 6.07) is 3.49. The molecule has 0 spiro atoms. The summed E-state index contributed by atoms with van der Waals surface area (Å²) in [7, 11) is 0. The molecule has 19 heavy (non-hydrogen) atoms. The fourth-order valence-corrected chi connectivity index (χ4v) is 2.16. The van der Waals surface area contributed by atoms with Gasteiger partial charge in [0.2, 0.25) is 0 Å². The van der Waals surface area contributed by atoms with E-state index in [1.807, 2.05) is 4.90 Å². The summed E-state index contributed by atoms with van der Waals surface area (Å²) in [4.78, 5) is 12.7. The number of carbonyl (C=O) groups is 1. The standard InChI is InChI=1S/C13H15F2NO3/c14-11-2-1-9(5-12(11)15)7-16-3-4-19-8-10(16)6-13(17)18/h1-2,5,10H,3-4,6-8H2,(H,17,18). The smallest absolute Gasteiger partial charge is 0.305 e. The molecule has 0 amide bonds. The monoisotopic (exact) mass is 271 g/mol. The van der Waals surface area contributed by atoms with E-state index in [0.717, 1.165) is 12.1 Å². The number of nitrogens with zero attached hydrogens (tertiary/aromatic N) is 1. The van der Waals surface area contributed by atoms with Crippen molar-refractivity contribution in [3.8, 4) is 0 Å². The Morgan fingerprint density at radius 3 is 2.89 bits per heavy atom. The van der Waals surface area contributed by atoms with Crippen LogP contribution in [-0.4, -0.2) is 41.8 Å². The number of carboxylic acids is 1. The molecule has 0 aromatic heterocycles. The van der Waals surface area contributed by atoms with Crippen LogP contribution in [0.1, 0.15) is 12.0 Å². The third-order valence-corrected chi connectivity index (χ3v) is 3.13. The fraction of sp³-hybridized carbons (Fsp3) is 0.462. The third kappa shape index (κ3) is 3.71. The molecule has 4 nitrogen and oxygen atoms in total. The molecule has 1 aliphatic heterocycles. The molecule has 2 rings (SSSR count). The molecular weight excluding hydrogens is 256 g/mol. The maximum atomic E-state index is 13.1. The van der Waals surface area contributed by atoms with Crippen molar-refractivity contribution in [2.24, 2.45) is 0 Å². The summed E-state index contributed by atoms with van der Waals surface area (Å²) in [5.74, 6) is -2.67. The average molecular weight is 271 g/mol. The maximum Gasteiger partial charge on any atom is 0.305 e. The second-order valence-corrected chi connectivity index (χ2v) is 4.55. The van der Waals surface area contributed by atoms with Crippen LogP contribution in [0.3, 0.4) is 0 Å². The van der Waals surface area contributed by atoms with Crippen molar-refractivity contribution in [2.75, 3.05) is 19.8 Å². The summed E-state index contributed by atoms with van der Waals surface area (Å²) < 4.78 is 31.2. The highest BCUT2D eigenvalue weighted by Crippen LogP contribution is 2.16. The molecule has 0 radical (unpaired) electrons. The van der Waals surface area contributed by atoms with E-state index in [4.69, 9.17) is 9.84 Å². The van der Waals surface area contributed by atoms with Gasteiger partial charge >= 0.3 is 5.97 Å². The van der Waals surface area contributed by atoms with E-state index in [9.17, 15) is 13.6 Å². The number of benzene rings is 1. The van der Waals surface area contributed by atoms with E-state index in [1.54, 1.807) is 0 Å². The topological polar surface area (TPSA) is 49.8 Å². The molecule has 104 valence electrons. The molecule has 1 aliphatic rings. The first kappa shape index (κ1) is 13.9. The van der Waals surface area contributed by atoms with Crippen LogP contribution in [0, 0.1) is 11.6 Å². The quantitative estimate of drug-likeness (QED) is 0.904. The van der Waals surface area contributed by atoms with Crippen molar-refractivity contribution in [3.05, 3.63) is 35.4 Å². The highest BCUT2D eigenvalue weighted by atomic mass is 19.2. The fourth-order valence-electron chi connectivity index (χ4n) is 2.16. The van der Waals surface area contributed by atoms with E-state index < -0.39 is 17.6 Å². The van der Waals surface area contributed by atoms with E-state index in [2.05, 4.69) is 0 Å². The van der Waals surface area contributed by atoms with Crippen molar-refractivity contribution in [1.29, 1.82) is 0 Å². The average Bonchev–Trinajstić information content (AvgIpc) is 2.36. The van der Waals surface area contributed by atoms with Crippen LogP contribution < -0.4 is 0 Å². The molecule has 1 aromatic carbocycles. The Bertz CT molecular complexity index is 467. The van der Waals surface area contributed by atoms with Gasteiger partial charge in [-0.05, 0) is 17.7 Å². The molecule has 1 N–H and O–H groups in total. The molecule has 1 fully saturated rings. The van der Waals surface area contributed by atoms with Gasteiger partial charge < -0.3 is 9.84 Å². The van der Waals surface area contributed by atoms with Gasteiger partial charge in [0.1, 0.15) is 0 Å². The number of morpholine rings is 1. The summed E-state index contributed by atoms with van der Waals surface area (Å²) >= 11 is 0. The van der Waals surface area contributed by atoms with Gasteiger partial charge in [-0.1, -0.05) is 6.07 Å². The van der Waals surface area contributed by atoms with Crippen molar-refractivity contribution < 1.29 is 23.4 Å². The first-order valence-corrected chi connectivity index (χ1v) is 6.04. The first-order chi connectivity index (χ1) is 9.06. The second kappa shape index (κ2) is 6.08. The zero-order valence-electron chi connectivity index (χ0n) is 10.3. The van der Waals surface area contributed by atoms with Gasteiger partial charge in [0.15, 0.2) is 11.6 Å². The van der Waals surface area contributed by atoms with Crippen molar-refractivity contribution in [3.63, 3.8) is 0 Å². The lowest BCUT2D eigenvalue weighted by Gasteiger charge is -2.34. The summed E-state index contributed by atoms with van der Waals surface area (Å²) in [6.07, 6.45) is -0.0241. The Morgan fingerprint density at radius 1 is 1.42 bits per heavy atom. The molecule has 1 unspecified atom stereocenters. The van der Waals surface area contributed by atoms with Crippen LogP contribution in [0.15, 0.2) is 18.2 Å². The molecule has 1 saturated heterocycles. The van der Waals surface area contributed by atoms with Gasteiger partial charge in [0, 0.05) is 19.1 Å². The lowest BCUT2D eigenvalue weighted by Crippen LogP contribution is -2.45. The SMILES string of the molecule is O=C(O)CC1COCCN1Cc1ccc(F)c(F)c1. The van der Waals surface area contributed by atoms with Gasteiger partial charge in [-0.2, -0.15) is 0 Å². The van der Waals surface area contributed by atoms with Crippen molar-refractivity contribution in [2.45, 2.75) is 19.0 Å². The Kier molecular flexibility index (Phi) is 4.44. The van der Waals surface area contributed by atoms with Gasteiger partial charge in [-0.3, -0.25) is 9.69 Å². The maximum absolute atomic E-state index is 13.1. The zero-order valence-corrected chi connectivity index (χ0v) is 10.3. The van der Waals surface area contributed by atoms with Crippen LogP contribution in [0.2, 0.25) is 0 Å². The number of halogens is 2. The zero-order chi connectivity index (χ0) is 13.8. The minimum atomic E-state index is -0.897. The Balaban J connectivity index is 2.06. The van der Waals surface area contributed by atoms with Crippen molar-refractivity contribution >= 4 is 5.97 Å². The lowest BCUT2D eigenvalue weighted by atomic mass is 10.1. The first-order valence-electron chi connectivity index (χ1n) is 6.04. The van der Waals surface area contributed by atoms with Gasteiger partial charge in [-0.15, -0.1) is 0 Å². The Hall–Kier alpha value is -1.53. The molecular formula is C13H15F2NO3. The van der Waals surface area contributed by atoms with Crippen LogP contribution in [-0.2, 0) is 16.1 Å². The molecule has 1 aromatic rings. The minimum absolute atomic E-state index is 0.0241. The molecule has 0 aliphatic carbocycles. The van der Waals surface area contributed by atoms with Gasteiger partial charge in [0.05, 0.1) is 19.6 Å². The lowest BCUT2D eigenvalue weighted by molar-refractivity contribution is -0.140. The molecule has 0 saturated carbocycles. The van der Waals surface area contributed by atoms with E-state index in [1.165, 1.54) is 6.07 Å². The number of hydrogen-bond donors (Lipinski definition) is 1. The van der Waals surface area contributed by atoms with Crippen LogP contribution in [0.4, 0.5) is 8.78 Å². The van der Waals surface area contributed by atoms with Crippen LogP contribution in [0.25, 0.3) is 0 Å². The number of rotatable bonds is 4. The number of carboxylic acid groups (broad SMARTS) is 1. The summed E-state index contributed by atoms with van der Waals surface area (Å²) in [6.45, 7) is 1.82. The highest BCUT2D eigenvalue weighted by molar-refractivity contribution is 5.67. The molecule has 1 heterocycles. The van der Waals surface area contributed by atoms with Crippen LogP contribution in [0.5, 0.6) is 0 Å². The highest BCUT2D eigenvalue weighted by Gasteiger charge is 2.25. The number of aliphatic carboxylic acids is 1. The van der Waals surface area contributed by atoms with Crippen molar-refractivity contribution in [1.82, 2.24) is 4.90 Å². The molecule has 1 atom stereocenters. The minimum Gasteiger partial charge on any atom is -0.481 e. The summed E-state index contributed by atoms with van der Waals surface area (Å²) in [5.41, 5.74) is 0.621. The molecule has 6 heteroatoms. The third-order valence-electron chi connectivity index (χ3n) is 3.13. The predicted octanol–water partition coefficient (Wildman–Crippen LogP) is 1.64. The number of hydrogen-bond acceptors (Lipinski definition) is 3. The Labute approximate surface area is 109 Å². The van der Waals surface area contributed by atoms with Gasteiger partial charge in [0.25, 0.3) is 0 Å². The summed E-state index contributed by atoms with van der Waals surface area (Å²) in [5, 5.41) is 8.84. The number of ether oxygens (including phenoxy) is 1. The van der Waals surface area contributed by atoms with E-state index >= 15 is 0 Å². The van der Waals surface area contributed by atoms with Crippen LogP contribution >= 0.6 is 0 Å². The van der Waals surface area contributed by atoms with E-state index in [0.29, 0.717) is 31.9 Å². The predicted molar refractivity (Wildman–Crippen MR) is 63.6 cm³/mol.